The van der Waals surface area contributed by atoms with Crippen molar-refractivity contribution in [3.8, 4) is 0 Å². The number of allylic oxidation sites excluding steroid dienone is 4. The summed E-state index contributed by atoms with van der Waals surface area (Å²) in [4.78, 5) is 0. The van der Waals surface area contributed by atoms with Gasteiger partial charge in [-0.25, -0.2) is 0 Å². The van der Waals surface area contributed by atoms with Crippen molar-refractivity contribution in [3.63, 3.8) is 0 Å². The molecule has 1 unspecified atom stereocenters. The molecule has 0 heterocycles. The van der Waals surface area contributed by atoms with Crippen molar-refractivity contribution in [1.82, 2.24) is 0 Å². The molecule has 0 N–H and O–H groups in total. The highest BCUT2D eigenvalue weighted by atomic mass is 14.3. The quantitative estimate of drug-likeness (QED) is 0.464. The van der Waals surface area contributed by atoms with Crippen LogP contribution >= 0.6 is 0 Å². The average molecular weight is 248 g/mol. The van der Waals surface area contributed by atoms with Gasteiger partial charge in [-0.3, -0.25) is 0 Å². The molecule has 0 fully saturated rings. The summed E-state index contributed by atoms with van der Waals surface area (Å²) < 4.78 is 0. The lowest BCUT2D eigenvalue weighted by Crippen LogP contribution is -2.04. The van der Waals surface area contributed by atoms with Gasteiger partial charge in [-0.1, -0.05) is 65.0 Å². The Morgan fingerprint density at radius 2 is 1.33 bits per heavy atom. The van der Waals surface area contributed by atoms with Gasteiger partial charge < -0.3 is 0 Å². The molecule has 1 aliphatic carbocycles. The minimum absolute atomic E-state index is 0.802. The summed E-state index contributed by atoms with van der Waals surface area (Å²) in [6.45, 7) is 11.7. The van der Waals surface area contributed by atoms with Crippen LogP contribution in [0.25, 0.3) is 0 Å². The highest BCUT2D eigenvalue weighted by molar-refractivity contribution is 5.49. The lowest BCUT2D eigenvalue weighted by molar-refractivity contribution is 0.590. The van der Waals surface area contributed by atoms with Gasteiger partial charge in [0.05, 0.1) is 0 Å². The Bertz CT molecular complexity index is 317. The summed E-state index contributed by atoms with van der Waals surface area (Å²) in [5, 5.41) is 0. The minimum Gasteiger partial charge on any atom is -0.0653 e. The summed E-state index contributed by atoms with van der Waals surface area (Å²) in [5.74, 6) is 0.802. The first-order chi connectivity index (χ1) is 8.74. The van der Waals surface area contributed by atoms with E-state index in [9.17, 15) is 0 Å². The van der Waals surface area contributed by atoms with Crippen LogP contribution in [0.15, 0.2) is 22.3 Å². The fourth-order valence-corrected chi connectivity index (χ4v) is 3.71. The van der Waals surface area contributed by atoms with Crippen molar-refractivity contribution >= 4 is 0 Å². The molecule has 0 aromatic rings. The molecule has 1 rings (SSSR count). The van der Waals surface area contributed by atoms with E-state index in [1.165, 1.54) is 51.4 Å². The Morgan fingerprint density at radius 3 is 1.78 bits per heavy atom. The van der Waals surface area contributed by atoms with E-state index in [-0.39, 0.29) is 0 Å². The maximum absolute atomic E-state index is 2.35. The third-order valence-corrected chi connectivity index (χ3v) is 4.31. The van der Waals surface area contributed by atoms with Gasteiger partial charge in [-0.2, -0.15) is 0 Å². The van der Waals surface area contributed by atoms with Crippen molar-refractivity contribution in [3.05, 3.63) is 22.3 Å². The fourth-order valence-electron chi connectivity index (χ4n) is 3.71. The second kappa shape index (κ2) is 7.81. The molecule has 18 heavy (non-hydrogen) atoms. The average Bonchev–Trinajstić information content (AvgIpc) is 2.65. The van der Waals surface area contributed by atoms with E-state index in [1.54, 1.807) is 16.7 Å². The molecule has 0 heteroatoms. The number of hydrogen-bond donors (Lipinski definition) is 0. The third-order valence-electron chi connectivity index (χ3n) is 4.31. The summed E-state index contributed by atoms with van der Waals surface area (Å²) >= 11 is 0. The van der Waals surface area contributed by atoms with E-state index in [4.69, 9.17) is 0 Å². The molecule has 0 amide bonds. The smallest absolute Gasteiger partial charge is 0.00186 e. The van der Waals surface area contributed by atoms with E-state index in [2.05, 4.69) is 34.6 Å². The third kappa shape index (κ3) is 3.08. The number of hydrogen-bond acceptors (Lipinski definition) is 0. The summed E-state index contributed by atoms with van der Waals surface area (Å²) in [6, 6.07) is 0. The van der Waals surface area contributed by atoms with Crippen LogP contribution in [0.1, 0.15) is 86.0 Å². The molecule has 1 aliphatic rings. The predicted octanol–water partition coefficient (Wildman–Crippen LogP) is 6.43. The Hall–Kier alpha value is -0.520. The van der Waals surface area contributed by atoms with E-state index < -0.39 is 0 Å². The molecule has 0 saturated heterocycles. The van der Waals surface area contributed by atoms with Crippen molar-refractivity contribution in [2.24, 2.45) is 5.92 Å². The van der Waals surface area contributed by atoms with Gasteiger partial charge in [0.15, 0.2) is 0 Å². The van der Waals surface area contributed by atoms with Crippen LogP contribution in [0.2, 0.25) is 0 Å². The Balaban J connectivity index is 3.15. The monoisotopic (exact) mass is 248 g/mol. The Labute approximate surface area is 115 Å². The maximum Gasteiger partial charge on any atom is 0.00186 e. The van der Waals surface area contributed by atoms with Crippen LogP contribution in [0, 0.1) is 5.92 Å². The maximum atomic E-state index is 2.35. The van der Waals surface area contributed by atoms with Gasteiger partial charge >= 0.3 is 0 Å². The molecule has 0 spiro atoms. The zero-order valence-electron chi connectivity index (χ0n) is 13.2. The molecule has 1 atom stereocenters. The fraction of sp³-hybridized carbons (Fsp3) is 0.778. The Morgan fingerprint density at radius 1 is 0.667 bits per heavy atom. The lowest BCUT2D eigenvalue weighted by Gasteiger charge is -2.18. The van der Waals surface area contributed by atoms with Crippen LogP contribution in [0.3, 0.4) is 0 Å². The van der Waals surface area contributed by atoms with Crippen LogP contribution in [-0.4, -0.2) is 0 Å². The second-order valence-electron chi connectivity index (χ2n) is 5.56. The van der Waals surface area contributed by atoms with Gasteiger partial charge in [0.1, 0.15) is 0 Å². The van der Waals surface area contributed by atoms with Gasteiger partial charge in [0.25, 0.3) is 0 Å². The molecular formula is C18H32. The van der Waals surface area contributed by atoms with Gasteiger partial charge in [-0.15, -0.1) is 0 Å². The van der Waals surface area contributed by atoms with Crippen molar-refractivity contribution in [2.75, 3.05) is 0 Å². The molecule has 0 aromatic carbocycles. The van der Waals surface area contributed by atoms with E-state index in [0.29, 0.717) is 0 Å². The normalized spacial score (nSPS) is 20.2. The van der Waals surface area contributed by atoms with Crippen LogP contribution in [-0.2, 0) is 0 Å². The summed E-state index contributed by atoms with van der Waals surface area (Å²) in [5.41, 5.74) is 7.10. The summed E-state index contributed by atoms with van der Waals surface area (Å²) in [7, 11) is 0. The zero-order chi connectivity index (χ0) is 13.5. The van der Waals surface area contributed by atoms with Crippen molar-refractivity contribution in [1.29, 1.82) is 0 Å². The Kier molecular flexibility index (Phi) is 6.75. The molecule has 0 nitrogen and oxygen atoms in total. The van der Waals surface area contributed by atoms with Crippen LogP contribution in [0.4, 0.5) is 0 Å². The molecule has 0 bridgehead atoms. The first-order valence-electron chi connectivity index (χ1n) is 8.19. The summed E-state index contributed by atoms with van der Waals surface area (Å²) in [6.07, 6.45) is 10.4. The van der Waals surface area contributed by atoms with Crippen molar-refractivity contribution < 1.29 is 0 Å². The minimum atomic E-state index is 0.802. The van der Waals surface area contributed by atoms with Gasteiger partial charge in [0.2, 0.25) is 0 Å². The van der Waals surface area contributed by atoms with Crippen molar-refractivity contribution in [2.45, 2.75) is 86.0 Å². The molecule has 104 valence electrons. The van der Waals surface area contributed by atoms with Gasteiger partial charge in [-0.05, 0) is 43.3 Å². The molecule has 0 radical (unpaired) electrons. The second-order valence-corrected chi connectivity index (χ2v) is 5.56. The molecule has 0 saturated carbocycles. The first kappa shape index (κ1) is 15.5. The molecular weight excluding hydrogens is 216 g/mol. The lowest BCUT2D eigenvalue weighted by atomic mass is 9.86. The topological polar surface area (TPSA) is 0 Å². The number of rotatable bonds is 8. The van der Waals surface area contributed by atoms with Crippen LogP contribution in [0.5, 0.6) is 0 Å². The molecule has 0 aliphatic heterocycles. The van der Waals surface area contributed by atoms with E-state index in [0.717, 1.165) is 5.92 Å². The highest BCUT2D eigenvalue weighted by Crippen LogP contribution is 2.46. The highest BCUT2D eigenvalue weighted by Gasteiger charge is 2.29. The molecule has 0 aromatic heterocycles. The van der Waals surface area contributed by atoms with E-state index in [1.807, 2.05) is 5.57 Å². The SMILES string of the molecule is CCCC1=C(CCC)C(CCC)C(CC)=C1CC. The van der Waals surface area contributed by atoms with E-state index >= 15 is 0 Å². The standard InChI is InChI=1S/C18H32/c1-6-11-16-14(9-4)15(10-5)17(12-7-2)18(16)13-8-3/h16H,6-13H2,1-5H3. The van der Waals surface area contributed by atoms with Gasteiger partial charge in [0, 0.05) is 5.92 Å². The van der Waals surface area contributed by atoms with Crippen LogP contribution < -0.4 is 0 Å². The zero-order valence-corrected chi connectivity index (χ0v) is 13.2. The first-order valence-corrected chi connectivity index (χ1v) is 8.19. The predicted molar refractivity (Wildman–Crippen MR) is 82.8 cm³/mol. The largest absolute Gasteiger partial charge is 0.0653 e.